The van der Waals surface area contributed by atoms with E-state index in [9.17, 15) is 0 Å². The zero-order valence-corrected chi connectivity index (χ0v) is 33.3. The van der Waals surface area contributed by atoms with Crippen LogP contribution < -0.4 is 0 Å². The van der Waals surface area contributed by atoms with Gasteiger partial charge in [0.2, 0.25) is 0 Å². The van der Waals surface area contributed by atoms with Crippen LogP contribution in [0.1, 0.15) is 25.0 Å². The zero-order chi connectivity index (χ0) is 40.0. The third-order valence-electron chi connectivity index (χ3n) is 12.7. The van der Waals surface area contributed by atoms with Crippen LogP contribution in [0.3, 0.4) is 0 Å². The highest BCUT2D eigenvalue weighted by Crippen LogP contribution is 2.53. The average Bonchev–Trinajstić information content (AvgIpc) is 3.80. The number of aromatic nitrogens is 2. The maximum absolute atomic E-state index is 6.63. The Balaban J connectivity index is 1.04. The van der Waals surface area contributed by atoms with Crippen LogP contribution in [0.25, 0.3) is 111 Å². The first-order valence-electron chi connectivity index (χ1n) is 20.6. The van der Waals surface area contributed by atoms with Gasteiger partial charge in [-0.3, -0.25) is 0 Å². The molecule has 0 aliphatic heterocycles. The van der Waals surface area contributed by atoms with Gasteiger partial charge >= 0.3 is 0 Å². The lowest BCUT2D eigenvalue weighted by Crippen LogP contribution is -2.14. The summed E-state index contributed by atoms with van der Waals surface area (Å²) < 4.78 is 6.63. The predicted octanol–water partition coefficient (Wildman–Crippen LogP) is 15.3. The van der Waals surface area contributed by atoms with Crippen LogP contribution in [0.4, 0.5) is 0 Å². The summed E-state index contributed by atoms with van der Waals surface area (Å²) in [5, 5.41) is 7.02. The fraction of sp³-hybridized carbons (Fsp3) is 0.0526. The topological polar surface area (TPSA) is 38.9 Å². The van der Waals surface area contributed by atoms with Crippen molar-refractivity contribution in [3.63, 3.8) is 0 Å². The second-order valence-corrected chi connectivity index (χ2v) is 16.5. The van der Waals surface area contributed by atoms with E-state index < -0.39 is 0 Å². The van der Waals surface area contributed by atoms with Gasteiger partial charge in [-0.2, -0.15) is 0 Å². The van der Waals surface area contributed by atoms with Crippen LogP contribution in [0.15, 0.2) is 199 Å². The zero-order valence-electron chi connectivity index (χ0n) is 33.3. The molecule has 0 fully saturated rings. The Morgan fingerprint density at radius 2 is 1.05 bits per heavy atom. The molecule has 60 heavy (non-hydrogen) atoms. The molecular weight excluding hydrogens is 729 g/mol. The van der Waals surface area contributed by atoms with Crippen molar-refractivity contribution in [1.82, 2.24) is 9.97 Å². The van der Waals surface area contributed by atoms with Crippen LogP contribution in [0.2, 0.25) is 0 Å². The molecule has 0 spiro atoms. The maximum atomic E-state index is 6.63. The molecule has 0 N–H and O–H groups in total. The predicted molar refractivity (Wildman–Crippen MR) is 249 cm³/mol. The van der Waals surface area contributed by atoms with Gasteiger partial charge in [0.05, 0.1) is 11.4 Å². The van der Waals surface area contributed by atoms with Gasteiger partial charge in [-0.05, 0) is 97.1 Å². The molecule has 0 saturated heterocycles. The second-order valence-electron chi connectivity index (χ2n) is 16.5. The molecule has 0 saturated carbocycles. The normalized spacial score (nSPS) is 13.0. The number of nitrogens with zero attached hydrogens (tertiary/aromatic N) is 2. The van der Waals surface area contributed by atoms with E-state index in [1.807, 2.05) is 18.2 Å². The van der Waals surface area contributed by atoms with Gasteiger partial charge in [-0.15, -0.1) is 0 Å². The fourth-order valence-electron chi connectivity index (χ4n) is 9.73. The molecule has 2 aromatic heterocycles. The van der Waals surface area contributed by atoms with E-state index >= 15 is 0 Å². The monoisotopic (exact) mass is 766 g/mol. The number of furan rings is 1. The summed E-state index contributed by atoms with van der Waals surface area (Å²) in [5.74, 6) is 0.685. The molecule has 3 nitrogen and oxygen atoms in total. The summed E-state index contributed by atoms with van der Waals surface area (Å²) in [5.41, 5.74) is 16.4. The van der Waals surface area contributed by atoms with Gasteiger partial charge in [-0.25, -0.2) is 9.97 Å². The Bertz CT molecular complexity index is 3520. The van der Waals surface area contributed by atoms with Crippen LogP contribution in [0.5, 0.6) is 0 Å². The van der Waals surface area contributed by atoms with Crippen LogP contribution in [-0.2, 0) is 5.41 Å². The molecule has 0 atom stereocenters. The molecule has 3 heteroatoms. The van der Waals surface area contributed by atoms with E-state index in [1.54, 1.807) is 0 Å². The van der Waals surface area contributed by atoms with Crippen molar-refractivity contribution >= 4 is 43.5 Å². The van der Waals surface area contributed by atoms with Gasteiger partial charge in [0.15, 0.2) is 5.82 Å². The number of hydrogen-bond acceptors (Lipinski definition) is 3. The van der Waals surface area contributed by atoms with Gasteiger partial charge in [0, 0.05) is 38.3 Å². The molecular formula is C57H38N2O. The third-order valence-corrected chi connectivity index (χ3v) is 12.7. The van der Waals surface area contributed by atoms with Crippen LogP contribution in [0, 0.1) is 0 Å². The van der Waals surface area contributed by atoms with Gasteiger partial charge < -0.3 is 4.42 Å². The quantitative estimate of drug-likeness (QED) is 0.175. The van der Waals surface area contributed by atoms with E-state index in [2.05, 4.69) is 190 Å². The molecule has 12 rings (SSSR count). The standard InChI is InChI=1S/C57H38N2O/c1-57(2)48-27-13-25-41(53(48)47-32-37-18-6-7-19-38(37)33-49(47)57)39-20-12-21-40(31-39)50-34-51(59-56(58-50)36-16-4-3-5-17-36)44-24-11-10-23-43(44)45-26-14-28-52-54(45)46-30-29-35-15-8-9-22-42(35)55(46)60-52/h3-34H,1-2H3. The van der Waals surface area contributed by atoms with E-state index in [1.165, 1.54) is 38.6 Å². The Hall–Kier alpha value is -7.62. The molecule has 9 aromatic carbocycles. The first kappa shape index (κ1) is 34.4. The molecule has 0 radical (unpaired) electrons. The fourth-order valence-corrected chi connectivity index (χ4v) is 9.73. The molecule has 0 amide bonds. The van der Waals surface area contributed by atoms with Crippen molar-refractivity contribution in [2.75, 3.05) is 0 Å². The highest BCUT2D eigenvalue weighted by atomic mass is 16.3. The molecule has 11 aromatic rings. The van der Waals surface area contributed by atoms with E-state index in [0.29, 0.717) is 5.82 Å². The average molecular weight is 767 g/mol. The van der Waals surface area contributed by atoms with Crippen molar-refractivity contribution in [2.24, 2.45) is 0 Å². The van der Waals surface area contributed by atoms with Gasteiger partial charge in [-0.1, -0.05) is 172 Å². The second kappa shape index (κ2) is 13.2. The molecule has 0 unspecified atom stereocenters. The van der Waals surface area contributed by atoms with Crippen molar-refractivity contribution in [2.45, 2.75) is 19.3 Å². The lowest BCUT2D eigenvalue weighted by atomic mass is 9.81. The minimum absolute atomic E-state index is 0.122. The lowest BCUT2D eigenvalue weighted by molar-refractivity contribution is 0.661. The largest absolute Gasteiger partial charge is 0.455 e. The highest BCUT2D eigenvalue weighted by Gasteiger charge is 2.37. The van der Waals surface area contributed by atoms with E-state index in [0.717, 1.165) is 77.5 Å². The number of rotatable bonds is 5. The van der Waals surface area contributed by atoms with Crippen molar-refractivity contribution in [3.8, 4) is 67.3 Å². The molecule has 2 heterocycles. The Morgan fingerprint density at radius 1 is 0.400 bits per heavy atom. The van der Waals surface area contributed by atoms with Gasteiger partial charge in [0.1, 0.15) is 11.2 Å². The summed E-state index contributed by atoms with van der Waals surface area (Å²) in [6, 6.07) is 69.4. The minimum atomic E-state index is -0.122. The smallest absolute Gasteiger partial charge is 0.160 e. The number of hydrogen-bond donors (Lipinski definition) is 0. The van der Waals surface area contributed by atoms with Crippen LogP contribution in [-0.4, -0.2) is 9.97 Å². The first-order chi connectivity index (χ1) is 29.5. The highest BCUT2D eigenvalue weighted by molar-refractivity contribution is 6.19. The van der Waals surface area contributed by atoms with E-state index in [4.69, 9.17) is 14.4 Å². The molecule has 1 aliphatic rings. The summed E-state index contributed by atoms with van der Waals surface area (Å²) in [4.78, 5) is 10.6. The third kappa shape index (κ3) is 5.29. The molecule has 0 bridgehead atoms. The number of benzene rings is 9. The first-order valence-corrected chi connectivity index (χ1v) is 20.6. The summed E-state index contributed by atoms with van der Waals surface area (Å²) >= 11 is 0. The maximum Gasteiger partial charge on any atom is 0.160 e. The van der Waals surface area contributed by atoms with Crippen molar-refractivity contribution in [1.29, 1.82) is 0 Å². The van der Waals surface area contributed by atoms with Crippen molar-refractivity contribution < 1.29 is 4.42 Å². The Morgan fingerprint density at radius 3 is 1.92 bits per heavy atom. The SMILES string of the molecule is CC1(C)c2cc3ccccc3cc2-c2c(-c3cccc(-c4cc(-c5ccccc5-c5cccc6oc7c8ccccc8ccc7c56)nc(-c5ccccc5)n4)c3)cccc21. The van der Waals surface area contributed by atoms with Gasteiger partial charge in [0.25, 0.3) is 0 Å². The Labute approximate surface area is 348 Å². The molecule has 282 valence electrons. The summed E-state index contributed by atoms with van der Waals surface area (Å²) in [7, 11) is 0. The van der Waals surface area contributed by atoms with Crippen LogP contribution >= 0.6 is 0 Å². The number of fused-ring (bicyclic) bond motifs is 9. The van der Waals surface area contributed by atoms with E-state index in [-0.39, 0.29) is 5.41 Å². The minimum Gasteiger partial charge on any atom is -0.455 e. The summed E-state index contributed by atoms with van der Waals surface area (Å²) in [6.07, 6.45) is 0. The van der Waals surface area contributed by atoms with Crippen molar-refractivity contribution in [3.05, 3.63) is 205 Å². The summed E-state index contributed by atoms with van der Waals surface area (Å²) in [6.45, 7) is 4.71. The molecule has 1 aliphatic carbocycles. The Kier molecular flexibility index (Phi) is 7.58. The lowest BCUT2D eigenvalue weighted by Gasteiger charge is -2.22.